The molecule has 1 fully saturated rings. The largest absolute Gasteiger partial charge is 0.368 e. The molecule has 1 aromatic heterocycles. The van der Waals surface area contributed by atoms with Gasteiger partial charge in [-0.1, -0.05) is 13.8 Å². The number of hydrogen-bond acceptors (Lipinski definition) is 4. The van der Waals surface area contributed by atoms with E-state index in [4.69, 9.17) is 4.74 Å². The van der Waals surface area contributed by atoms with Crippen LogP contribution in [0.4, 0.5) is 0 Å². The molecule has 7 heteroatoms. The van der Waals surface area contributed by atoms with Gasteiger partial charge in [0.1, 0.15) is 18.7 Å². The number of ketones is 1. The Kier molecular flexibility index (Phi) is 6.14. The van der Waals surface area contributed by atoms with Crippen molar-refractivity contribution in [3.05, 3.63) is 24.0 Å². The molecule has 1 aromatic rings. The van der Waals surface area contributed by atoms with E-state index in [1.54, 1.807) is 25.4 Å². The number of Topliss-reactive ketones (excluding diaryl/α,β-unsaturated/α-hetero) is 1. The monoisotopic (exact) mass is 335 g/mol. The summed E-state index contributed by atoms with van der Waals surface area (Å²) in [5, 5.41) is 5.47. The zero-order valence-corrected chi connectivity index (χ0v) is 14.3. The Hall–Kier alpha value is -2.15. The van der Waals surface area contributed by atoms with Crippen molar-refractivity contribution in [2.45, 2.75) is 51.8 Å². The maximum Gasteiger partial charge on any atom is 0.253 e. The Morgan fingerprint density at radius 3 is 2.67 bits per heavy atom. The Morgan fingerprint density at radius 1 is 1.38 bits per heavy atom. The summed E-state index contributed by atoms with van der Waals surface area (Å²) in [5.41, 5.74) is 0.464. The molecule has 1 saturated heterocycles. The van der Waals surface area contributed by atoms with Crippen molar-refractivity contribution in [1.29, 1.82) is 0 Å². The number of amides is 2. The summed E-state index contributed by atoms with van der Waals surface area (Å²) in [7, 11) is 0. The Labute approximate surface area is 141 Å². The summed E-state index contributed by atoms with van der Waals surface area (Å²) in [4.78, 5) is 39.4. The van der Waals surface area contributed by atoms with E-state index in [0.29, 0.717) is 17.9 Å². The third kappa shape index (κ3) is 4.67. The number of aromatic nitrogens is 1. The van der Waals surface area contributed by atoms with Crippen LogP contribution in [0.2, 0.25) is 0 Å². The first-order chi connectivity index (χ1) is 11.4. The second kappa shape index (κ2) is 8.10. The lowest BCUT2D eigenvalue weighted by Gasteiger charge is -2.22. The maximum atomic E-state index is 12.6. The Bertz CT molecular complexity index is 583. The molecule has 0 bridgehead atoms. The first kappa shape index (κ1) is 18.2. The normalized spacial score (nSPS) is 21.8. The maximum absolute atomic E-state index is 12.6. The summed E-state index contributed by atoms with van der Waals surface area (Å²) in [6.07, 6.45) is 4.16. The van der Waals surface area contributed by atoms with Crippen molar-refractivity contribution < 1.29 is 19.1 Å². The molecule has 0 spiro atoms. The topological polar surface area (TPSA) is 100 Å². The number of aromatic amines is 1. The van der Waals surface area contributed by atoms with E-state index in [1.165, 1.54) is 0 Å². The van der Waals surface area contributed by atoms with Crippen LogP contribution >= 0.6 is 0 Å². The standard InChI is InChI=1S/C17H25N3O4/c1-10(2)4-5-13(19-16(22)12-6-7-18-8-12)17(23)20-15-11(3)24-9-14(15)21/h6-8,10-11,13,15,18H,4-5,9H2,1-3H3,(H,19,22)(H,20,23)/t11-,13?,15-/m0/s1. The molecular formula is C17H25N3O4. The van der Waals surface area contributed by atoms with Crippen molar-refractivity contribution >= 4 is 17.6 Å². The fourth-order valence-corrected chi connectivity index (χ4v) is 2.59. The van der Waals surface area contributed by atoms with E-state index in [0.717, 1.165) is 6.42 Å². The molecule has 3 atom stereocenters. The smallest absolute Gasteiger partial charge is 0.253 e. The van der Waals surface area contributed by atoms with Crippen LogP contribution in [0.15, 0.2) is 18.5 Å². The van der Waals surface area contributed by atoms with Crippen LogP contribution in [0.5, 0.6) is 0 Å². The van der Waals surface area contributed by atoms with Gasteiger partial charge >= 0.3 is 0 Å². The summed E-state index contributed by atoms with van der Waals surface area (Å²) in [5.74, 6) is -0.410. The molecule has 7 nitrogen and oxygen atoms in total. The van der Waals surface area contributed by atoms with E-state index < -0.39 is 12.1 Å². The molecule has 2 amide bonds. The molecule has 0 radical (unpaired) electrons. The van der Waals surface area contributed by atoms with Gasteiger partial charge < -0.3 is 20.4 Å². The van der Waals surface area contributed by atoms with Crippen molar-refractivity contribution in [2.75, 3.05) is 6.61 Å². The van der Waals surface area contributed by atoms with Crippen molar-refractivity contribution in [2.24, 2.45) is 5.92 Å². The number of H-pyrrole nitrogens is 1. The lowest BCUT2D eigenvalue weighted by Crippen LogP contribution is -2.53. The summed E-state index contributed by atoms with van der Waals surface area (Å²) in [6.45, 7) is 5.87. The highest BCUT2D eigenvalue weighted by Gasteiger charge is 2.35. The summed E-state index contributed by atoms with van der Waals surface area (Å²) >= 11 is 0. The van der Waals surface area contributed by atoms with Crippen LogP contribution in [0.3, 0.4) is 0 Å². The number of rotatable bonds is 7. The van der Waals surface area contributed by atoms with Gasteiger partial charge in [0.2, 0.25) is 5.91 Å². The zero-order chi connectivity index (χ0) is 17.7. The van der Waals surface area contributed by atoms with E-state index >= 15 is 0 Å². The molecular weight excluding hydrogens is 310 g/mol. The van der Waals surface area contributed by atoms with E-state index in [2.05, 4.69) is 29.5 Å². The fourth-order valence-electron chi connectivity index (χ4n) is 2.59. The predicted octanol–water partition coefficient (Wildman–Crippen LogP) is 1.02. The summed E-state index contributed by atoms with van der Waals surface area (Å²) in [6, 6.07) is 0.307. The third-order valence-electron chi connectivity index (χ3n) is 4.12. The molecule has 1 aliphatic heterocycles. The van der Waals surface area contributed by atoms with Gasteiger partial charge in [0.25, 0.3) is 5.91 Å². The number of carbonyl (C=O) groups excluding carboxylic acids is 3. The molecule has 3 N–H and O–H groups in total. The van der Waals surface area contributed by atoms with Gasteiger partial charge in [-0.15, -0.1) is 0 Å². The quantitative estimate of drug-likeness (QED) is 0.692. The molecule has 24 heavy (non-hydrogen) atoms. The highest BCUT2D eigenvalue weighted by molar-refractivity contribution is 5.98. The van der Waals surface area contributed by atoms with E-state index in [-0.39, 0.29) is 30.3 Å². The van der Waals surface area contributed by atoms with Gasteiger partial charge in [-0.3, -0.25) is 14.4 Å². The molecule has 2 heterocycles. The lowest BCUT2D eigenvalue weighted by atomic mass is 10.0. The minimum Gasteiger partial charge on any atom is -0.368 e. The fraction of sp³-hybridized carbons (Fsp3) is 0.588. The van der Waals surface area contributed by atoms with Crippen molar-refractivity contribution in [1.82, 2.24) is 15.6 Å². The van der Waals surface area contributed by atoms with Crippen molar-refractivity contribution in [3.63, 3.8) is 0 Å². The number of hydrogen-bond donors (Lipinski definition) is 3. The Morgan fingerprint density at radius 2 is 2.12 bits per heavy atom. The van der Waals surface area contributed by atoms with Crippen molar-refractivity contribution in [3.8, 4) is 0 Å². The van der Waals surface area contributed by atoms with Gasteiger partial charge in [0.15, 0.2) is 5.78 Å². The average Bonchev–Trinajstić information content (AvgIpc) is 3.16. The van der Waals surface area contributed by atoms with Crippen LogP contribution < -0.4 is 10.6 Å². The SMILES string of the molecule is CC(C)CCC(NC(=O)c1cc[nH]c1)C(=O)N[C@@H]1C(=O)CO[C@H]1C. The van der Waals surface area contributed by atoms with Gasteiger partial charge in [-0.05, 0) is 31.7 Å². The highest BCUT2D eigenvalue weighted by atomic mass is 16.5. The number of nitrogens with one attached hydrogen (secondary N) is 3. The molecule has 132 valence electrons. The second-order valence-electron chi connectivity index (χ2n) is 6.57. The molecule has 0 aliphatic carbocycles. The van der Waals surface area contributed by atoms with Crippen LogP contribution in [-0.4, -0.2) is 47.4 Å². The second-order valence-corrected chi connectivity index (χ2v) is 6.57. The molecule has 0 aromatic carbocycles. The predicted molar refractivity (Wildman–Crippen MR) is 88.5 cm³/mol. The van der Waals surface area contributed by atoms with E-state index in [1.807, 2.05) is 0 Å². The van der Waals surface area contributed by atoms with Gasteiger partial charge in [-0.25, -0.2) is 0 Å². The molecule has 1 aliphatic rings. The minimum atomic E-state index is -0.685. The van der Waals surface area contributed by atoms with Crippen LogP contribution in [0, 0.1) is 5.92 Å². The Balaban J connectivity index is 2.02. The zero-order valence-electron chi connectivity index (χ0n) is 14.3. The average molecular weight is 335 g/mol. The third-order valence-corrected chi connectivity index (χ3v) is 4.12. The summed E-state index contributed by atoms with van der Waals surface area (Å²) < 4.78 is 5.24. The molecule has 1 unspecified atom stereocenters. The number of carbonyl (C=O) groups is 3. The van der Waals surface area contributed by atoms with E-state index in [9.17, 15) is 14.4 Å². The number of ether oxygens (including phenoxy) is 1. The van der Waals surface area contributed by atoms with Crippen LogP contribution in [0.25, 0.3) is 0 Å². The minimum absolute atomic E-state index is 0.0124. The van der Waals surface area contributed by atoms with Gasteiger partial charge in [-0.2, -0.15) is 0 Å². The lowest BCUT2D eigenvalue weighted by molar-refractivity contribution is -0.127. The van der Waals surface area contributed by atoms with Crippen LogP contribution in [-0.2, 0) is 14.3 Å². The van der Waals surface area contributed by atoms with Crippen LogP contribution in [0.1, 0.15) is 44.0 Å². The molecule has 0 saturated carbocycles. The highest BCUT2D eigenvalue weighted by Crippen LogP contribution is 2.12. The first-order valence-corrected chi connectivity index (χ1v) is 8.26. The first-order valence-electron chi connectivity index (χ1n) is 8.26. The van der Waals surface area contributed by atoms with Gasteiger partial charge in [0.05, 0.1) is 11.7 Å². The van der Waals surface area contributed by atoms with Gasteiger partial charge in [0, 0.05) is 12.4 Å². The molecule has 2 rings (SSSR count).